The average molecular weight is 392 g/mol. The first-order chi connectivity index (χ1) is 13.9. The number of hydrogen-bond acceptors (Lipinski definition) is 5. The third kappa shape index (κ3) is 5.08. The number of aliphatic carboxylic acids is 1. The Kier molecular flexibility index (Phi) is 6.08. The van der Waals surface area contributed by atoms with Crippen LogP contribution in [0.1, 0.15) is 26.3 Å². The monoisotopic (exact) mass is 392 g/mol. The van der Waals surface area contributed by atoms with Crippen LogP contribution in [0.4, 0.5) is 6.01 Å². The summed E-state index contributed by atoms with van der Waals surface area (Å²) in [5, 5.41) is 9.18. The number of carbonyl (C=O) groups is 1. The van der Waals surface area contributed by atoms with Gasteiger partial charge in [0.25, 0.3) is 6.01 Å². The molecular formula is C23H24N2O4. The van der Waals surface area contributed by atoms with E-state index in [-0.39, 0.29) is 0 Å². The van der Waals surface area contributed by atoms with Gasteiger partial charge in [0.05, 0.1) is 6.54 Å². The van der Waals surface area contributed by atoms with Crippen LogP contribution in [-0.2, 0) is 11.2 Å². The van der Waals surface area contributed by atoms with Crippen molar-refractivity contribution < 1.29 is 19.1 Å². The summed E-state index contributed by atoms with van der Waals surface area (Å²) in [6.45, 7) is 6.06. The van der Waals surface area contributed by atoms with Crippen LogP contribution in [0.15, 0.2) is 52.9 Å². The number of oxazole rings is 1. The van der Waals surface area contributed by atoms with Gasteiger partial charge in [0, 0.05) is 6.54 Å². The predicted molar refractivity (Wildman–Crippen MR) is 112 cm³/mol. The van der Waals surface area contributed by atoms with Crippen LogP contribution in [0, 0.1) is 11.8 Å². The van der Waals surface area contributed by atoms with Gasteiger partial charge in [0.15, 0.2) is 11.2 Å². The lowest BCUT2D eigenvalue weighted by Crippen LogP contribution is -2.37. The second-order valence-electron chi connectivity index (χ2n) is 7.12. The number of carboxylic acids is 1. The van der Waals surface area contributed by atoms with Gasteiger partial charge in [0.2, 0.25) is 0 Å². The lowest BCUT2D eigenvalue weighted by molar-refractivity contribution is -0.152. The normalized spacial score (nSPS) is 11.0. The molecule has 0 spiro atoms. The minimum absolute atomic E-state index is 0.522. The highest BCUT2D eigenvalue weighted by Gasteiger charge is 2.29. The number of hydrogen-bond donors (Lipinski definition) is 1. The van der Waals surface area contributed by atoms with Crippen molar-refractivity contribution in [2.45, 2.75) is 32.8 Å². The first-order valence-corrected chi connectivity index (χ1v) is 9.40. The van der Waals surface area contributed by atoms with E-state index in [1.165, 1.54) is 13.8 Å². The number of rotatable bonds is 8. The van der Waals surface area contributed by atoms with Crippen LogP contribution >= 0.6 is 0 Å². The molecule has 1 N–H and O–H groups in total. The van der Waals surface area contributed by atoms with Crippen molar-refractivity contribution in [2.24, 2.45) is 0 Å². The van der Waals surface area contributed by atoms with Crippen molar-refractivity contribution in [2.75, 3.05) is 18.0 Å². The van der Waals surface area contributed by atoms with E-state index in [0.717, 1.165) is 23.1 Å². The SMILES string of the molecule is CC#CCN(CCc1ccc(OC(C)(C)C(=O)O)cc1)c1nc2ccccc2o1. The zero-order chi connectivity index (χ0) is 20.9. The summed E-state index contributed by atoms with van der Waals surface area (Å²) < 4.78 is 11.4. The summed E-state index contributed by atoms with van der Waals surface area (Å²) in [5.74, 6) is 5.50. The quantitative estimate of drug-likeness (QED) is 0.581. The van der Waals surface area contributed by atoms with E-state index >= 15 is 0 Å². The molecule has 2 aromatic carbocycles. The number of fused-ring (bicyclic) bond motifs is 1. The van der Waals surface area contributed by atoms with Gasteiger partial charge in [-0.15, -0.1) is 5.92 Å². The van der Waals surface area contributed by atoms with Crippen molar-refractivity contribution in [3.05, 3.63) is 54.1 Å². The maximum atomic E-state index is 11.2. The molecule has 1 aromatic heterocycles. The van der Waals surface area contributed by atoms with E-state index in [2.05, 4.69) is 16.8 Å². The molecule has 150 valence electrons. The molecule has 6 heteroatoms. The Morgan fingerprint density at radius 1 is 1.21 bits per heavy atom. The second kappa shape index (κ2) is 8.70. The summed E-state index contributed by atoms with van der Waals surface area (Å²) in [6, 6.07) is 15.7. The first-order valence-electron chi connectivity index (χ1n) is 9.40. The minimum atomic E-state index is -1.27. The number of benzene rings is 2. The Hall–Kier alpha value is -3.46. The van der Waals surface area contributed by atoms with E-state index in [9.17, 15) is 9.90 Å². The van der Waals surface area contributed by atoms with Crippen LogP contribution in [0.3, 0.4) is 0 Å². The molecular weight excluding hydrogens is 368 g/mol. The summed E-state index contributed by atoms with van der Waals surface area (Å²) in [6.07, 6.45) is 0.757. The lowest BCUT2D eigenvalue weighted by Gasteiger charge is -2.21. The van der Waals surface area contributed by atoms with Gasteiger partial charge in [-0.1, -0.05) is 30.2 Å². The highest BCUT2D eigenvalue weighted by Crippen LogP contribution is 2.23. The molecule has 3 rings (SSSR count). The van der Waals surface area contributed by atoms with Crippen molar-refractivity contribution in [3.63, 3.8) is 0 Å². The second-order valence-corrected chi connectivity index (χ2v) is 7.12. The molecule has 3 aromatic rings. The first kappa shape index (κ1) is 20.3. The topological polar surface area (TPSA) is 75.8 Å². The molecule has 0 aliphatic heterocycles. The van der Waals surface area contributed by atoms with Crippen LogP contribution in [0.2, 0.25) is 0 Å². The molecule has 0 unspecified atom stereocenters. The van der Waals surface area contributed by atoms with Crippen LogP contribution < -0.4 is 9.64 Å². The molecule has 0 saturated heterocycles. The smallest absolute Gasteiger partial charge is 0.347 e. The van der Waals surface area contributed by atoms with Crippen molar-refractivity contribution in [3.8, 4) is 17.6 Å². The fourth-order valence-electron chi connectivity index (χ4n) is 2.74. The number of para-hydroxylation sites is 2. The summed E-state index contributed by atoms with van der Waals surface area (Å²) in [7, 11) is 0. The molecule has 29 heavy (non-hydrogen) atoms. The standard InChI is InChI=1S/C23H24N2O4/c1-4-5-15-25(22-24-19-8-6-7-9-20(19)28-22)16-14-17-10-12-18(13-11-17)29-23(2,3)21(26)27/h6-13H,14-16H2,1-3H3,(H,26,27). The maximum absolute atomic E-state index is 11.2. The number of carboxylic acid groups (broad SMARTS) is 1. The van der Waals surface area contributed by atoms with E-state index in [0.29, 0.717) is 24.9 Å². The Bertz CT molecular complexity index is 1010. The summed E-state index contributed by atoms with van der Waals surface area (Å²) in [4.78, 5) is 17.8. The molecule has 0 aliphatic rings. The largest absolute Gasteiger partial charge is 0.478 e. The van der Waals surface area contributed by atoms with Crippen LogP contribution in [0.5, 0.6) is 5.75 Å². The zero-order valence-electron chi connectivity index (χ0n) is 16.8. The third-order valence-corrected chi connectivity index (χ3v) is 4.48. The number of ether oxygens (including phenoxy) is 1. The van der Waals surface area contributed by atoms with Crippen molar-refractivity contribution >= 4 is 23.1 Å². The van der Waals surface area contributed by atoms with E-state index < -0.39 is 11.6 Å². The van der Waals surface area contributed by atoms with Gasteiger partial charge in [0.1, 0.15) is 11.3 Å². The molecule has 0 fully saturated rings. The van der Waals surface area contributed by atoms with Gasteiger partial charge >= 0.3 is 5.97 Å². The fraction of sp³-hybridized carbons (Fsp3) is 0.304. The summed E-state index contributed by atoms with van der Waals surface area (Å²) in [5.41, 5.74) is 1.39. The molecule has 1 heterocycles. The van der Waals surface area contributed by atoms with E-state index in [1.807, 2.05) is 48.2 Å². The minimum Gasteiger partial charge on any atom is -0.478 e. The fourth-order valence-corrected chi connectivity index (χ4v) is 2.74. The van der Waals surface area contributed by atoms with Gasteiger partial charge < -0.3 is 19.2 Å². The predicted octanol–water partition coefficient (Wildman–Crippen LogP) is 4.14. The Balaban J connectivity index is 1.69. The van der Waals surface area contributed by atoms with Gasteiger partial charge in [-0.05, 0) is 57.0 Å². The Morgan fingerprint density at radius 2 is 1.93 bits per heavy atom. The zero-order valence-corrected chi connectivity index (χ0v) is 16.8. The Labute approximate surface area is 170 Å². The van der Waals surface area contributed by atoms with Gasteiger partial charge in [-0.25, -0.2) is 4.79 Å². The summed E-state index contributed by atoms with van der Waals surface area (Å²) >= 11 is 0. The average Bonchev–Trinajstić information content (AvgIpc) is 3.13. The molecule has 6 nitrogen and oxygen atoms in total. The van der Waals surface area contributed by atoms with Crippen LogP contribution in [0.25, 0.3) is 11.1 Å². The number of anilines is 1. The number of nitrogens with zero attached hydrogens (tertiary/aromatic N) is 2. The van der Waals surface area contributed by atoms with E-state index in [1.54, 1.807) is 12.1 Å². The molecule has 0 saturated carbocycles. The van der Waals surface area contributed by atoms with Crippen molar-refractivity contribution in [1.82, 2.24) is 4.98 Å². The molecule has 0 bridgehead atoms. The van der Waals surface area contributed by atoms with E-state index in [4.69, 9.17) is 9.15 Å². The Morgan fingerprint density at radius 3 is 2.59 bits per heavy atom. The van der Waals surface area contributed by atoms with Gasteiger partial charge in [-0.2, -0.15) is 4.98 Å². The maximum Gasteiger partial charge on any atom is 0.347 e. The van der Waals surface area contributed by atoms with Crippen molar-refractivity contribution in [1.29, 1.82) is 0 Å². The molecule has 0 radical (unpaired) electrons. The number of aromatic nitrogens is 1. The molecule has 0 atom stereocenters. The van der Waals surface area contributed by atoms with Crippen LogP contribution in [-0.4, -0.2) is 34.8 Å². The lowest BCUT2D eigenvalue weighted by atomic mass is 10.1. The highest BCUT2D eigenvalue weighted by molar-refractivity contribution is 5.76. The molecule has 0 amide bonds. The highest BCUT2D eigenvalue weighted by atomic mass is 16.5. The third-order valence-electron chi connectivity index (χ3n) is 4.48. The molecule has 0 aliphatic carbocycles. The van der Waals surface area contributed by atoms with Gasteiger partial charge in [-0.3, -0.25) is 0 Å².